The van der Waals surface area contributed by atoms with Gasteiger partial charge in [-0.1, -0.05) is 6.92 Å². The number of carbonyl (C=O) groups excluding carboxylic acids is 1. The summed E-state index contributed by atoms with van der Waals surface area (Å²) in [5, 5.41) is 9.26. The standard InChI is InChI=1S/C12H26O5Si/c1-6-12(2,3)11(14)17-8-7-9-18(10-13,15-4)16-5/h13H,6-10H2,1-5H3. The Labute approximate surface area is 111 Å². The normalized spacial score (nSPS) is 12.6. The Balaban J connectivity index is 4.03. The van der Waals surface area contributed by atoms with Crippen LogP contribution in [0.2, 0.25) is 6.04 Å². The van der Waals surface area contributed by atoms with Gasteiger partial charge in [0.15, 0.2) is 0 Å². The molecule has 0 aliphatic rings. The quantitative estimate of drug-likeness (QED) is 0.394. The second kappa shape index (κ2) is 7.88. The van der Waals surface area contributed by atoms with Gasteiger partial charge < -0.3 is 18.7 Å². The van der Waals surface area contributed by atoms with Crippen molar-refractivity contribution in [2.24, 2.45) is 5.41 Å². The van der Waals surface area contributed by atoms with E-state index >= 15 is 0 Å². The number of rotatable bonds is 9. The lowest BCUT2D eigenvalue weighted by atomic mass is 9.91. The van der Waals surface area contributed by atoms with Crippen LogP contribution in [0.4, 0.5) is 0 Å². The first-order valence-corrected chi connectivity index (χ1v) is 8.49. The molecule has 0 radical (unpaired) electrons. The molecule has 0 aromatic carbocycles. The smallest absolute Gasteiger partial charge is 0.364 e. The summed E-state index contributed by atoms with van der Waals surface area (Å²) in [6.07, 6.45) is 1.30. The van der Waals surface area contributed by atoms with Crippen molar-refractivity contribution in [3.63, 3.8) is 0 Å². The molecule has 6 heteroatoms. The Morgan fingerprint density at radius 3 is 2.22 bits per heavy atom. The van der Waals surface area contributed by atoms with Gasteiger partial charge in [0, 0.05) is 14.2 Å². The van der Waals surface area contributed by atoms with Crippen molar-refractivity contribution in [1.82, 2.24) is 0 Å². The van der Waals surface area contributed by atoms with Crippen LogP contribution in [0.5, 0.6) is 0 Å². The van der Waals surface area contributed by atoms with Crippen LogP contribution in [0.15, 0.2) is 0 Å². The number of carbonyl (C=O) groups is 1. The van der Waals surface area contributed by atoms with Crippen molar-refractivity contribution >= 4 is 14.5 Å². The maximum absolute atomic E-state index is 11.7. The molecule has 0 rings (SSSR count). The zero-order valence-corrected chi connectivity index (χ0v) is 13.1. The lowest BCUT2D eigenvalue weighted by Gasteiger charge is -2.25. The van der Waals surface area contributed by atoms with Crippen LogP contribution in [0.1, 0.15) is 33.6 Å². The monoisotopic (exact) mass is 278 g/mol. The molecular formula is C12H26O5Si. The van der Waals surface area contributed by atoms with Crippen LogP contribution >= 0.6 is 0 Å². The molecule has 0 aromatic rings. The van der Waals surface area contributed by atoms with Gasteiger partial charge >= 0.3 is 14.5 Å². The van der Waals surface area contributed by atoms with E-state index in [9.17, 15) is 9.90 Å². The summed E-state index contributed by atoms with van der Waals surface area (Å²) in [4.78, 5) is 11.7. The van der Waals surface area contributed by atoms with Crippen molar-refractivity contribution in [3.8, 4) is 0 Å². The van der Waals surface area contributed by atoms with E-state index in [2.05, 4.69) is 0 Å². The lowest BCUT2D eigenvalue weighted by Crippen LogP contribution is -2.44. The largest absolute Gasteiger partial charge is 0.465 e. The molecule has 0 bridgehead atoms. The maximum Gasteiger partial charge on any atom is 0.364 e. The van der Waals surface area contributed by atoms with Crippen LogP contribution in [-0.4, -0.2) is 46.7 Å². The molecule has 0 aliphatic heterocycles. The van der Waals surface area contributed by atoms with E-state index in [1.165, 1.54) is 14.2 Å². The minimum Gasteiger partial charge on any atom is -0.465 e. The number of aliphatic hydroxyl groups excluding tert-OH is 1. The number of ether oxygens (including phenoxy) is 1. The van der Waals surface area contributed by atoms with Crippen LogP contribution in [-0.2, 0) is 18.4 Å². The van der Waals surface area contributed by atoms with E-state index in [4.69, 9.17) is 13.6 Å². The molecule has 0 unspecified atom stereocenters. The highest BCUT2D eigenvalue weighted by Gasteiger charge is 2.34. The first kappa shape index (κ1) is 17.6. The highest BCUT2D eigenvalue weighted by atomic mass is 28.4. The van der Waals surface area contributed by atoms with Crippen molar-refractivity contribution < 1.29 is 23.5 Å². The van der Waals surface area contributed by atoms with Gasteiger partial charge in [0.2, 0.25) is 0 Å². The van der Waals surface area contributed by atoms with E-state index in [0.717, 1.165) is 6.42 Å². The third kappa shape index (κ3) is 5.05. The van der Waals surface area contributed by atoms with Gasteiger partial charge in [-0.05, 0) is 32.7 Å². The Morgan fingerprint density at radius 1 is 1.28 bits per heavy atom. The Bertz CT molecular complexity index is 243. The fourth-order valence-electron chi connectivity index (χ4n) is 1.34. The Kier molecular flexibility index (Phi) is 7.69. The molecule has 0 amide bonds. The van der Waals surface area contributed by atoms with Gasteiger partial charge in [0.25, 0.3) is 0 Å². The molecule has 0 aliphatic carbocycles. The predicted molar refractivity (Wildman–Crippen MR) is 71.3 cm³/mol. The molecule has 0 heterocycles. The molecule has 18 heavy (non-hydrogen) atoms. The van der Waals surface area contributed by atoms with E-state index in [1.54, 1.807) is 0 Å². The van der Waals surface area contributed by atoms with Gasteiger partial charge in [0.05, 0.1) is 18.3 Å². The summed E-state index contributed by atoms with van der Waals surface area (Å²) in [7, 11) is 0.600. The van der Waals surface area contributed by atoms with E-state index in [1.807, 2.05) is 20.8 Å². The molecule has 0 fully saturated rings. The maximum atomic E-state index is 11.7. The van der Waals surface area contributed by atoms with Gasteiger partial charge in [-0.2, -0.15) is 0 Å². The molecule has 108 valence electrons. The molecule has 0 saturated heterocycles. The highest BCUT2D eigenvalue weighted by Crippen LogP contribution is 2.22. The van der Waals surface area contributed by atoms with Crippen molar-refractivity contribution in [2.45, 2.75) is 39.7 Å². The average molecular weight is 278 g/mol. The molecular weight excluding hydrogens is 252 g/mol. The van der Waals surface area contributed by atoms with Crippen LogP contribution < -0.4 is 0 Å². The predicted octanol–water partition coefficient (Wildman–Crippen LogP) is 1.62. The summed E-state index contributed by atoms with van der Waals surface area (Å²) < 4.78 is 15.7. The van der Waals surface area contributed by atoms with E-state index in [-0.39, 0.29) is 12.2 Å². The van der Waals surface area contributed by atoms with E-state index in [0.29, 0.717) is 19.1 Å². The van der Waals surface area contributed by atoms with Gasteiger partial charge in [-0.15, -0.1) is 0 Å². The molecule has 5 nitrogen and oxygen atoms in total. The summed E-state index contributed by atoms with van der Waals surface area (Å²) in [5.41, 5.74) is -0.436. The summed E-state index contributed by atoms with van der Waals surface area (Å²) in [5.74, 6) is -0.184. The molecule has 1 N–H and O–H groups in total. The number of aliphatic hydroxyl groups is 1. The summed E-state index contributed by atoms with van der Waals surface area (Å²) in [6, 6.07) is 0.607. The molecule has 0 aromatic heterocycles. The third-order valence-electron chi connectivity index (χ3n) is 3.36. The van der Waals surface area contributed by atoms with Crippen molar-refractivity contribution in [2.75, 3.05) is 27.1 Å². The van der Waals surface area contributed by atoms with Gasteiger partial charge in [-0.3, -0.25) is 4.79 Å². The van der Waals surface area contributed by atoms with Crippen molar-refractivity contribution in [1.29, 1.82) is 0 Å². The second-order valence-electron chi connectivity index (χ2n) is 4.95. The molecule has 0 saturated carbocycles. The van der Waals surface area contributed by atoms with Crippen molar-refractivity contribution in [3.05, 3.63) is 0 Å². The van der Waals surface area contributed by atoms with Gasteiger partial charge in [-0.25, -0.2) is 0 Å². The zero-order chi connectivity index (χ0) is 14.2. The third-order valence-corrected chi connectivity index (χ3v) is 6.44. The fraction of sp³-hybridized carbons (Fsp3) is 0.917. The molecule has 0 atom stereocenters. The average Bonchev–Trinajstić information content (AvgIpc) is 2.39. The second-order valence-corrected chi connectivity index (χ2v) is 8.41. The van der Waals surface area contributed by atoms with Gasteiger partial charge in [0.1, 0.15) is 0 Å². The highest BCUT2D eigenvalue weighted by molar-refractivity contribution is 6.67. The topological polar surface area (TPSA) is 65.0 Å². The SMILES string of the molecule is CCC(C)(C)C(=O)OCCC[Si](CO)(OC)OC. The summed E-state index contributed by atoms with van der Waals surface area (Å²) >= 11 is 0. The first-order chi connectivity index (χ1) is 8.37. The minimum absolute atomic E-state index is 0.0889. The summed E-state index contributed by atoms with van der Waals surface area (Å²) in [6.45, 7) is 6.03. The van der Waals surface area contributed by atoms with Crippen LogP contribution in [0.3, 0.4) is 0 Å². The fourth-order valence-corrected chi connectivity index (χ4v) is 3.02. The zero-order valence-electron chi connectivity index (χ0n) is 12.1. The molecule has 0 spiro atoms. The number of hydrogen-bond acceptors (Lipinski definition) is 5. The van der Waals surface area contributed by atoms with Crippen LogP contribution in [0, 0.1) is 5.41 Å². The van der Waals surface area contributed by atoms with E-state index < -0.39 is 14.0 Å². The number of hydrogen-bond donors (Lipinski definition) is 1. The van der Waals surface area contributed by atoms with Crippen LogP contribution in [0.25, 0.3) is 0 Å². The number of esters is 1. The first-order valence-electron chi connectivity index (χ1n) is 6.26. The Morgan fingerprint density at radius 2 is 1.83 bits per heavy atom. The minimum atomic E-state index is -2.48. The lowest BCUT2D eigenvalue weighted by molar-refractivity contribution is -0.154. The Hall–Kier alpha value is -0.433.